The lowest BCUT2D eigenvalue weighted by molar-refractivity contribution is -0.146. The summed E-state index contributed by atoms with van der Waals surface area (Å²) in [7, 11) is 1.11. The van der Waals surface area contributed by atoms with Crippen molar-refractivity contribution in [3.05, 3.63) is 24.0 Å². The van der Waals surface area contributed by atoms with Crippen LogP contribution in [0.1, 0.15) is 11.7 Å². The van der Waals surface area contributed by atoms with Gasteiger partial charge in [0.25, 0.3) is 0 Å². The van der Waals surface area contributed by atoms with Gasteiger partial charge in [0.05, 0.1) is 12.6 Å². The van der Waals surface area contributed by atoms with Crippen molar-refractivity contribution < 1.29 is 19.0 Å². The number of aromatic nitrogens is 2. The molecule has 0 saturated heterocycles. The summed E-state index contributed by atoms with van der Waals surface area (Å²) >= 11 is 0. The smallest absolute Gasteiger partial charge is 0.345 e. The number of nitrogens with one attached hydrogen (secondary N) is 1. The van der Waals surface area contributed by atoms with Crippen LogP contribution >= 0.6 is 0 Å². The molecule has 1 unspecified atom stereocenters. The van der Waals surface area contributed by atoms with Crippen molar-refractivity contribution in [2.75, 3.05) is 7.11 Å². The molecule has 0 fully saturated rings. The van der Waals surface area contributed by atoms with Crippen LogP contribution in [0.15, 0.2) is 18.5 Å². The molecule has 2 rings (SSSR count). The fraction of sp³-hybridized carbons (Fsp3) is 0.200. The molecule has 84 valence electrons. The number of nitrogens with zero attached hydrogens (tertiary/aromatic N) is 1. The maximum absolute atomic E-state index is 13.6. The van der Waals surface area contributed by atoms with Crippen molar-refractivity contribution in [2.45, 2.75) is 6.17 Å². The number of methoxy groups -OCH3 is 1. The molecule has 2 N–H and O–H groups in total. The van der Waals surface area contributed by atoms with Gasteiger partial charge in [-0.05, 0) is 0 Å². The number of carbonyl (C=O) groups excluding carboxylic acids is 1. The van der Waals surface area contributed by atoms with Gasteiger partial charge >= 0.3 is 5.97 Å². The average molecular weight is 224 g/mol. The zero-order chi connectivity index (χ0) is 11.7. The minimum Gasteiger partial charge on any atom is -0.506 e. The Morgan fingerprint density at radius 3 is 3.12 bits per heavy atom. The predicted octanol–water partition coefficient (Wildman–Crippen LogP) is 1.45. The van der Waals surface area contributed by atoms with Gasteiger partial charge in [0.1, 0.15) is 11.3 Å². The summed E-state index contributed by atoms with van der Waals surface area (Å²) in [6.07, 6.45) is 0.714. The maximum Gasteiger partial charge on any atom is 0.345 e. The lowest BCUT2D eigenvalue weighted by atomic mass is 10.2. The molecule has 0 aliphatic rings. The van der Waals surface area contributed by atoms with E-state index in [1.165, 1.54) is 18.5 Å². The van der Waals surface area contributed by atoms with Crippen LogP contribution in [0.4, 0.5) is 4.39 Å². The summed E-state index contributed by atoms with van der Waals surface area (Å²) in [5.41, 5.74) is 0.569. The van der Waals surface area contributed by atoms with Gasteiger partial charge in [-0.25, -0.2) is 9.18 Å². The molecule has 0 aliphatic heterocycles. The standard InChI is InChI=1S/C10H9FN2O3/c1-16-10(15)7(11)5-4-13-9-6(14)2-3-12-8(5)9/h2-4,7,13H,1H3,(H,12,14). The minimum atomic E-state index is -1.91. The molecule has 2 heterocycles. The van der Waals surface area contributed by atoms with E-state index in [1.807, 2.05) is 0 Å². The number of hydrogen-bond acceptors (Lipinski definition) is 4. The number of pyridine rings is 1. The zero-order valence-electron chi connectivity index (χ0n) is 8.40. The van der Waals surface area contributed by atoms with E-state index in [0.29, 0.717) is 5.52 Å². The number of aromatic hydroxyl groups is 1. The monoisotopic (exact) mass is 224 g/mol. The number of esters is 1. The molecule has 0 spiro atoms. The second kappa shape index (κ2) is 3.80. The molecule has 6 heteroatoms. The van der Waals surface area contributed by atoms with E-state index >= 15 is 0 Å². The fourth-order valence-corrected chi connectivity index (χ4v) is 1.45. The van der Waals surface area contributed by atoms with E-state index in [1.54, 1.807) is 0 Å². The van der Waals surface area contributed by atoms with Crippen molar-refractivity contribution >= 4 is 17.0 Å². The Morgan fingerprint density at radius 2 is 2.44 bits per heavy atom. The largest absolute Gasteiger partial charge is 0.506 e. The minimum absolute atomic E-state index is 0.0479. The van der Waals surface area contributed by atoms with E-state index in [4.69, 9.17) is 0 Å². The van der Waals surface area contributed by atoms with Gasteiger partial charge in [0, 0.05) is 24.0 Å². The Bertz CT molecular complexity index is 538. The molecule has 0 aliphatic carbocycles. The van der Waals surface area contributed by atoms with Crippen LogP contribution in [0.2, 0.25) is 0 Å². The Hall–Kier alpha value is -2.11. The molecule has 2 aromatic rings. The molecule has 2 aromatic heterocycles. The summed E-state index contributed by atoms with van der Waals surface area (Å²) in [6, 6.07) is 1.37. The molecule has 0 amide bonds. The van der Waals surface area contributed by atoms with Gasteiger partial charge in [-0.15, -0.1) is 0 Å². The molecule has 0 saturated carbocycles. The summed E-state index contributed by atoms with van der Waals surface area (Å²) in [6.45, 7) is 0. The van der Waals surface area contributed by atoms with E-state index in [9.17, 15) is 14.3 Å². The molecule has 0 bridgehead atoms. The molecular weight excluding hydrogens is 215 g/mol. The number of hydrogen-bond donors (Lipinski definition) is 2. The van der Waals surface area contributed by atoms with Crippen molar-refractivity contribution in [1.82, 2.24) is 9.97 Å². The van der Waals surface area contributed by atoms with Crippen LogP contribution in [0.25, 0.3) is 11.0 Å². The van der Waals surface area contributed by atoms with E-state index in [2.05, 4.69) is 14.7 Å². The second-order valence-corrected chi connectivity index (χ2v) is 3.18. The lowest BCUT2D eigenvalue weighted by Gasteiger charge is -2.03. The highest BCUT2D eigenvalue weighted by Gasteiger charge is 2.24. The summed E-state index contributed by atoms with van der Waals surface area (Å²) in [5, 5.41) is 9.45. The number of carbonyl (C=O) groups is 1. The van der Waals surface area contributed by atoms with Crippen molar-refractivity contribution in [3.8, 4) is 5.75 Å². The normalized spacial score (nSPS) is 12.6. The first-order valence-electron chi connectivity index (χ1n) is 4.52. The van der Waals surface area contributed by atoms with Crippen molar-refractivity contribution in [1.29, 1.82) is 0 Å². The third kappa shape index (κ3) is 1.48. The van der Waals surface area contributed by atoms with Gasteiger partial charge in [-0.1, -0.05) is 0 Å². The number of H-pyrrole nitrogens is 1. The van der Waals surface area contributed by atoms with Gasteiger partial charge in [-0.3, -0.25) is 4.98 Å². The molecule has 16 heavy (non-hydrogen) atoms. The molecule has 0 radical (unpaired) electrons. The number of alkyl halides is 1. The topological polar surface area (TPSA) is 75.2 Å². The van der Waals surface area contributed by atoms with Crippen molar-refractivity contribution in [3.63, 3.8) is 0 Å². The highest BCUT2D eigenvalue weighted by Crippen LogP contribution is 2.29. The number of aromatic amines is 1. The third-order valence-corrected chi connectivity index (χ3v) is 2.26. The van der Waals surface area contributed by atoms with Crippen LogP contribution in [-0.4, -0.2) is 28.2 Å². The zero-order valence-corrected chi connectivity index (χ0v) is 8.40. The SMILES string of the molecule is COC(=O)C(F)c1c[nH]c2c(O)ccnc12. The number of halogens is 1. The highest BCUT2D eigenvalue weighted by atomic mass is 19.1. The third-order valence-electron chi connectivity index (χ3n) is 2.26. The average Bonchev–Trinajstić information content (AvgIpc) is 2.72. The number of fused-ring (bicyclic) bond motifs is 1. The van der Waals surface area contributed by atoms with E-state index in [0.717, 1.165) is 7.11 Å². The summed E-state index contributed by atoms with van der Waals surface area (Å²) in [5.74, 6) is -1.04. The maximum atomic E-state index is 13.6. The van der Waals surface area contributed by atoms with Crippen LogP contribution in [0.5, 0.6) is 5.75 Å². The van der Waals surface area contributed by atoms with Crippen molar-refractivity contribution in [2.24, 2.45) is 0 Å². The number of ether oxygens (including phenoxy) is 1. The Balaban J connectivity index is 2.54. The van der Waals surface area contributed by atoms with Crippen LogP contribution < -0.4 is 0 Å². The first kappa shape index (κ1) is 10.4. The Kier molecular flexibility index (Phi) is 2.47. The highest BCUT2D eigenvalue weighted by molar-refractivity contribution is 5.89. The summed E-state index contributed by atoms with van der Waals surface area (Å²) < 4.78 is 17.9. The lowest BCUT2D eigenvalue weighted by Crippen LogP contribution is -2.09. The van der Waals surface area contributed by atoms with E-state index in [-0.39, 0.29) is 16.8 Å². The molecule has 0 aromatic carbocycles. The molecule has 1 atom stereocenters. The quantitative estimate of drug-likeness (QED) is 0.757. The van der Waals surface area contributed by atoms with E-state index < -0.39 is 12.1 Å². The van der Waals surface area contributed by atoms with Crippen LogP contribution in [0.3, 0.4) is 0 Å². The first-order valence-corrected chi connectivity index (χ1v) is 4.52. The first-order chi connectivity index (χ1) is 7.65. The fourth-order valence-electron chi connectivity index (χ4n) is 1.45. The molecule has 5 nitrogen and oxygen atoms in total. The molecular formula is C10H9FN2O3. The Labute approximate surface area is 89.9 Å². The number of rotatable bonds is 2. The van der Waals surface area contributed by atoms with Crippen LogP contribution in [-0.2, 0) is 9.53 Å². The predicted molar refractivity (Wildman–Crippen MR) is 53.6 cm³/mol. The van der Waals surface area contributed by atoms with Gasteiger partial charge < -0.3 is 14.8 Å². The Morgan fingerprint density at radius 1 is 1.69 bits per heavy atom. The van der Waals surface area contributed by atoms with Gasteiger partial charge in [0.15, 0.2) is 0 Å². The second-order valence-electron chi connectivity index (χ2n) is 3.18. The van der Waals surface area contributed by atoms with Gasteiger partial charge in [0.2, 0.25) is 6.17 Å². The van der Waals surface area contributed by atoms with Crippen LogP contribution in [0, 0.1) is 0 Å². The summed E-state index contributed by atoms with van der Waals surface area (Å²) in [4.78, 5) is 17.6. The van der Waals surface area contributed by atoms with Gasteiger partial charge in [-0.2, -0.15) is 0 Å².